The fraction of sp³-hybridized carbons (Fsp3) is 0.480. The lowest BCUT2D eigenvalue weighted by Crippen LogP contribution is -2.34. The van der Waals surface area contributed by atoms with Crippen LogP contribution in [0.4, 0.5) is 5.69 Å². The maximum absolute atomic E-state index is 12.3. The molecule has 1 saturated heterocycles. The van der Waals surface area contributed by atoms with E-state index in [1.54, 1.807) is 7.11 Å². The molecule has 29 heavy (non-hydrogen) atoms. The predicted octanol–water partition coefficient (Wildman–Crippen LogP) is 5.42. The molecule has 154 valence electrons. The number of esters is 1. The Morgan fingerprint density at radius 3 is 2.28 bits per heavy atom. The number of carbonyl (C=O) groups is 1. The Morgan fingerprint density at radius 1 is 0.966 bits per heavy atom. The number of rotatable bonds is 4. The molecule has 2 fully saturated rings. The highest BCUT2D eigenvalue weighted by Gasteiger charge is 2.44. The lowest BCUT2D eigenvalue weighted by molar-refractivity contribution is 0.00695. The second kappa shape index (κ2) is 7.74. The van der Waals surface area contributed by atoms with Crippen LogP contribution in [0.2, 0.25) is 0 Å². The van der Waals surface area contributed by atoms with Gasteiger partial charge in [0, 0.05) is 24.2 Å². The fourth-order valence-electron chi connectivity index (χ4n) is 4.95. The van der Waals surface area contributed by atoms with Crippen LogP contribution >= 0.6 is 0 Å². The lowest BCUT2D eigenvalue weighted by atomic mass is 9.91. The molecule has 1 saturated carbocycles. The summed E-state index contributed by atoms with van der Waals surface area (Å²) in [4.78, 5) is 14.9. The Morgan fingerprint density at radius 2 is 1.66 bits per heavy atom. The molecule has 2 aliphatic rings. The first-order valence-electron chi connectivity index (χ1n) is 10.6. The standard InChI is InChI=1S/C25H31NO3/c1-25(2,3)29-24(27)19-5-10-20(11-6-19)26-16-15-18-9-14-22(23(18)26)17-7-12-21(28-4)13-8-17/h5-8,10-13,18,22-23H,9,14-16H2,1-4H3/t18-,22+,23+/m1/s1. The van der Waals surface area contributed by atoms with Crippen molar-refractivity contribution >= 4 is 11.7 Å². The number of fused-ring (bicyclic) bond motifs is 1. The van der Waals surface area contributed by atoms with Crippen molar-refractivity contribution < 1.29 is 14.3 Å². The molecule has 1 aliphatic carbocycles. The number of nitrogens with zero attached hydrogens (tertiary/aromatic N) is 1. The van der Waals surface area contributed by atoms with Crippen molar-refractivity contribution in [2.75, 3.05) is 18.6 Å². The zero-order valence-electron chi connectivity index (χ0n) is 17.9. The zero-order valence-corrected chi connectivity index (χ0v) is 17.9. The molecule has 1 aliphatic heterocycles. The third kappa shape index (κ3) is 4.12. The molecule has 2 aromatic rings. The lowest BCUT2D eigenvalue weighted by Gasteiger charge is -2.32. The van der Waals surface area contributed by atoms with Crippen molar-refractivity contribution in [3.8, 4) is 5.75 Å². The van der Waals surface area contributed by atoms with E-state index in [2.05, 4.69) is 41.3 Å². The van der Waals surface area contributed by atoms with Gasteiger partial charge in [-0.2, -0.15) is 0 Å². The van der Waals surface area contributed by atoms with E-state index in [4.69, 9.17) is 9.47 Å². The summed E-state index contributed by atoms with van der Waals surface area (Å²) >= 11 is 0. The van der Waals surface area contributed by atoms with E-state index in [1.165, 1.54) is 30.5 Å². The van der Waals surface area contributed by atoms with E-state index in [1.807, 2.05) is 32.9 Å². The number of carbonyl (C=O) groups excluding carboxylic acids is 1. The van der Waals surface area contributed by atoms with Crippen molar-refractivity contribution in [3.05, 3.63) is 59.7 Å². The first-order chi connectivity index (χ1) is 13.9. The van der Waals surface area contributed by atoms with Gasteiger partial charge in [0.05, 0.1) is 12.7 Å². The van der Waals surface area contributed by atoms with E-state index >= 15 is 0 Å². The van der Waals surface area contributed by atoms with Crippen molar-refractivity contribution in [2.24, 2.45) is 5.92 Å². The summed E-state index contributed by atoms with van der Waals surface area (Å²) in [7, 11) is 1.71. The quantitative estimate of drug-likeness (QED) is 0.650. The van der Waals surface area contributed by atoms with Gasteiger partial charge in [-0.3, -0.25) is 0 Å². The van der Waals surface area contributed by atoms with Crippen molar-refractivity contribution in [1.29, 1.82) is 0 Å². The van der Waals surface area contributed by atoms with Gasteiger partial charge in [-0.05, 0) is 87.9 Å². The van der Waals surface area contributed by atoms with E-state index in [-0.39, 0.29) is 5.97 Å². The van der Waals surface area contributed by atoms with Gasteiger partial charge >= 0.3 is 5.97 Å². The molecule has 0 unspecified atom stereocenters. The van der Waals surface area contributed by atoms with Crippen LogP contribution in [0.15, 0.2) is 48.5 Å². The van der Waals surface area contributed by atoms with Gasteiger partial charge in [-0.25, -0.2) is 4.79 Å². The van der Waals surface area contributed by atoms with Crippen LogP contribution in [0.25, 0.3) is 0 Å². The van der Waals surface area contributed by atoms with Crippen LogP contribution in [-0.4, -0.2) is 31.3 Å². The Balaban J connectivity index is 1.53. The van der Waals surface area contributed by atoms with Gasteiger partial charge in [-0.15, -0.1) is 0 Å². The van der Waals surface area contributed by atoms with Gasteiger partial charge < -0.3 is 14.4 Å². The van der Waals surface area contributed by atoms with Gasteiger partial charge in [0.1, 0.15) is 11.4 Å². The number of benzene rings is 2. The number of anilines is 1. The molecule has 0 N–H and O–H groups in total. The van der Waals surface area contributed by atoms with Crippen LogP contribution in [0.3, 0.4) is 0 Å². The topological polar surface area (TPSA) is 38.8 Å². The summed E-state index contributed by atoms with van der Waals surface area (Å²) < 4.78 is 10.8. The minimum Gasteiger partial charge on any atom is -0.497 e. The molecule has 4 rings (SSSR count). The number of ether oxygens (including phenoxy) is 2. The average Bonchev–Trinajstić information content (AvgIpc) is 3.29. The molecule has 4 nitrogen and oxygen atoms in total. The van der Waals surface area contributed by atoms with E-state index in [9.17, 15) is 4.79 Å². The minimum atomic E-state index is -0.479. The second-order valence-electron chi connectivity index (χ2n) is 9.24. The fourth-order valence-corrected chi connectivity index (χ4v) is 4.95. The molecule has 3 atom stereocenters. The van der Waals surface area contributed by atoms with E-state index in [0.29, 0.717) is 17.5 Å². The summed E-state index contributed by atoms with van der Waals surface area (Å²) in [6.07, 6.45) is 3.76. The van der Waals surface area contributed by atoms with Gasteiger partial charge in [-0.1, -0.05) is 12.1 Å². The van der Waals surface area contributed by atoms with Crippen LogP contribution in [0.1, 0.15) is 61.9 Å². The molecule has 0 spiro atoms. The molecule has 1 heterocycles. The predicted molar refractivity (Wildman–Crippen MR) is 116 cm³/mol. The number of hydrogen-bond acceptors (Lipinski definition) is 4. The molecular weight excluding hydrogens is 362 g/mol. The highest BCUT2D eigenvalue weighted by molar-refractivity contribution is 5.90. The van der Waals surface area contributed by atoms with Gasteiger partial charge in [0.25, 0.3) is 0 Å². The van der Waals surface area contributed by atoms with Crippen molar-refractivity contribution in [3.63, 3.8) is 0 Å². The maximum Gasteiger partial charge on any atom is 0.338 e. The number of hydrogen-bond donors (Lipinski definition) is 0. The third-order valence-corrected chi connectivity index (χ3v) is 6.22. The Bertz CT molecular complexity index is 851. The second-order valence-corrected chi connectivity index (χ2v) is 9.24. The SMILES string of the molecule is COc1ccc([C@@H]2CC[C@@H]3CCN(c4ccc(C(=O)OC(C)(C)C)cc4)[C@@H]32)cc1. The normalized spacial score (nSPS) is 23.7. The summed E-state index contributed by atoms with van der Waals surface area (Å²) in [5.41, 5.74) is 2.73. The van der Waals surface area contributed by atoms with Gasteiger partial charge in [0.2, 0.25) is 0 Å². The highest BCUT2D eigenvalue weighted by atomic mass is 16.6. The largest absolute Gasteiger partial charge is 0.497 e. The first-order valence-corrected chi connectivity index (χ1v) is 10.6. The summed E-state index contributed by atoms with van der Waals surface area (Å²) in [6, 6.07) is 17.0. The molecule has 0 bridgehead atoms. The Labute approximate surface area is 173 Å². The average molecular weight is 394 g/mol. The monoisotopic (exact) mass is 393 g/mol. The van der Waals surface area contributed by atoms with Gasteiger partial charge in [0.15, 0.2) is 0 Å². The molecule has 0 aromatic heterocycles. The molecule has 4 heteroatoms. The smallest absolute Gasteiger partial charge is 0.338 e. The molecule has 2 aromatic carbocycles. The maximum atomic E-state index is 12.3. The molecule has 0 radical (unpaired) electrons. The molecule has 0 amide bonds. The number of methoxy groups -OCH3 is 1. The van der Waals surface area contributed by atoms with E-state index < -0.39 is 5.60 Å². The first kappa shape index (κ1) is 19.8. The van der Waals surface area contributed by atoms with Crippen LogP contribution in [-0.2, 0) is 4.74 Å². The summed E-state index contributed by atoms with van der Waals surface area (Å²) in [5, 5.41) is 0. The van der Waals surface area contributed by atoms with Crippen molar-refractivity contribution in [1.82, 2.24) is 0 Å². The van der Waals surface area contributed by atoms with E-state index in [0.717, 1.165) is 18.2 Å². The Hall–Kier alpha value is -2.49. The minimum absolute atomic E-state index is 0.264. The van der Waals surface area contributed by atoms with Crippen LogP contribution < -0.4 is 9.64 Å². The highest BCUT2D eigenvalue weighted by Crippen LogP contribution is 2.48. The summed E-state index contributed by atoms with van der Waals surface area (Å²) in [5.74, 6) is 1.93. The van der Waals surface area contributed by atoms with Crippen LogP contribution in [0, 0.1) is 5.92 Å². The third-order valence-electron chi connectivity index (χ3n) is 6.22. The zero-order chi connectivity index (χ0) is 20.6. The molecular formula is C25H31NO3. The van der Waals surface area contributed by atoms with Crippen molar-refractivity contribution in [2.45, 2.75) is 57.6 Å². The van der Waals surface area contributed by atoms with Crippen LogP contribution in [0.5, 0.6) is 5.75 Å². The Kier molecular flexibility index (Phi) is 5.28. The summed E-state index contributed by atoms with van der Waals surface area (Å²) in [6.45, 7) is 6.75.